The van der Waals surface area contributed by atoms with Gasteiger partial charge in [0.05, 0.1) is 6.61 Å². The molecular formula is C15H22ClN2O2-. The maximum absolute atomic E-state index is 11.5. The number of hydrogen-bond acceptors (Lipinski definition) is 2. The third-order valence-electron chi connectivity index (χ3n) is 2.91. The number of amides is 1. The van der Waals surface area contributed by atoms with E-state index in [0.29, 0.717) is 13.0 Å². The van der Waals surface area contributed by atoms with Crippen LogP contribution in [0.5, 0.6) is 0 Å². The monoisotopic (exact) mass is 297 g/mol. The number of hydroxylamine groups is 1. The number of nitrogens with one attached hydrogen (secondary N) is 1. The summed E-state index contributed by atoms with van der Waals surface area (Å²) >= 11 is 5.23. The molecule has 0 atom stereocenters. The predicted octanol–water partition coefficient (Wildman–Crippen LogP) is 4.10. The molecule has 1 amide bonds. The van der Waals surface area contributed by atoms with Gasteiger partial charge in [-0.25, -0.2) is 5.48 Å². The van der Waals surface area contributed by atoms with Crippen molar-refractivity contribution >= 4 is 17.7 Å². The van der Waals surface area contributed by atoms with Crippen LogP contribution in [0, 0.1) is 0 Å². The zero-order chi connectivity index (χ0) is 14.5. The summed E-state index contributed by atoms with van der Waals surface area (Å²) in [5.74, 6) is -0.0586. The van der Waals surface area contributed by atoms with Gasteiger partial charge in [-0.05, 0) is 12.0 Å². The lowest BCUT2D eigenvalue weighted by Gasteiger charge is -2.08. The Morgan fingerprint density at radius 2 is 1.80 bits per heavy atom. The van der Waals surface area contributed by atoms with Gasteiger partial charge >= 0.3 is 0 Å². The first-order valence-electron chi connectivity index (χ1n) is 7.05. The SMILES string of the molecule is O=C(CCCCCCC[N-]Cl)NOCc1ccccc1. The van der Waals surface area contributed by atoms with Crippen LogP contribution in [0.3, 0.4) is 0 Å². The van der Waals surface area contributed by atoms with Crippen LogP contribution < -0.4 is 5.48 Å². The van der Waals surface area contributed by atoms with Crippen molar-refractivity contribution < 1.29 is 9.63 Å². The molecular weight excluding hydrogens is 276 g/mol. The lowest BCUT2D eigenvalue weighted by molar-refractivity contribution is -0.134. The summed E-state index contributed by atoms with van der Waals surface area (Å²) in [6.45, 7) is 1.11. The van der Waals surface area contributed by atoms with Crippen LogP contribution >= 0.6 is 11.8 Å². The van der Waals surface area contributed by atoms with Crippen molar-refractivity contribution in [2.45, 2.75) is 45.1 Å². The van der Waals surface area contributed by atoms with E-state index < -0.39 is 0 Å². The van der Waals surface area contributed by atoms with E-state index in [-0.39, 0.29) is 5.91 Å². The van der Waals surface area contributed by atoms with Crippen molar-refractivity contribution in [1.29, 1.82) is 0 Å². The second-order valence-corrected chi connectivity index (χ2v) is 4.90. The maximum Gasteiger partial charge on any atom is 0.243 e. The second kappa shape index (κ2) is 11.7. The molecule has 0 aliphatic heterocycles. The highest BCUT2D eigenvalue weighted by Gasteiger charge is 2.01. The Balaban J connectivity index is 1.93. The van der Waals surface area contributed by atoms with E-state index in [1.165, 1.54) is 0 Å². The fourth-order valence-electron chi connectivity index (χ4n) is 1.81. The third kappa shape index (κ3) is 8.91. The topological polar surface area (TPSA) is 52.4 Å². The summed E-state index contributed by atoms with van der Waals surface area (Å²) in [5.41, 5.74) is 3.51. The number of unbranched alkanes of at least 4 members (excludes halogenated alkanes) is 4. The fourth-order valence-corrected chi connectivity index (χ4v) is 1.93. The molecule has 0 bridgehead atoms. The first kappa shape index (κ1) is 17.0. The zero-order valence-corrected chi connectivity index (χ0v) is 12.4. The summed E-state index contributed by atoms with van der Waals surface area (Å²) in [4.78, 5) is 20.2. The number of carbonyl (C=O) groups is 1. The highest BCUT2D eigenvalue weighted by Crippen LogP contribution is 2.07. The smallest absolute Gasteiger partial charge is 0.243 e. The van der Waals surface area contributed by atoms with Gasteiger partial charge in [-0.1, -0.05) is 56.0 Å². The van der Waals surface area contributed by atoms with Crippen LogP contribution in [-0.4, -0.2) is 12.5 Å². The van der Waals surface area contributed by atoms with Crippen LogP contribution in [0.1, 0.15) is 44.1 Å². The Kier molecular flexibility index (Phi) is 9.92. The largest absolute Gasteiger partial charge is 0.575 e. The summed E-state index contributed by atoms with van der Waals surface area (Å²) in [7, 11) is 0. The van der Waals surface area contributed by atoms with Gasteiger partial charge < -0.3 is 4.84 Å². The van der Waals surface area contributed by atoms with Gasteiger partial charge in [0.15, 0.2) is 0 Å². The highest BCUT2D eigenvalue weighted by atomic mass is 35.5. The van der Waals surface area contributed by atoms with Crippen molar-refractivity contribution in [2.24, 2.45) is 0 Å². The molecule has 1 aromatic carbocycles. The maximum atomic E-state index is 11.5. The van der Waals surface area contributed by atoms with Crippen LogP contribution in [0.25, 0.3) is 4.84 Å². The Bertz CT molecular complexity index is 360. The molecule has 0 saturated carbocycles. The van der Waals surface area contributed by atoms with Gasteiger partial charge in [0.25, 0.3) is 0 Å². The van der Waals surface area contributed by atoms with Crippen molar-refractivity contribution in [3.05, 3.63) is 40.7 Å². The minimum absolute atomic E-state index is 0.0586. The predicted molar refractivity (Wildman–Crippen MR) is 81.2 cm³/mol. The molecule has 0 spiro atoms. The summed E-state index contributed by atoms with van der Waals surface area (Å²) in [6, 6.07) is 9.75. The number of nitrogens with zero attached hydrogens (tertiary/aromatic N) is 1. The average molecular weight is 298 g/mol. The second-order valence-electron chi connectivity index (χ2n) is 4.66. The van der Waals surface area contributed by atoms with E-state index >= 15 is 0 Å². The number of carbonyl (C=O) groups excluding carboxylic acids is 1. The molecule has 0 aromatic heterocycles. The van der Waals surface area contributed by atoms with Crippen LogP contribution in [0.15, 0.2) is 30.3 Å². The lowest BCUT2D eigenvalue weighted by atomic mass is 10.1. The van der Waals surface area contributed by atoms with E-state index in [4.69, 9.17) is 16.6 Å². The summed E-state index contributed by atoms with van der Waals surface area (Å²) in [5, 5.41) is 0. The van der Waals surface area contributed by atoms with Gasteiger partial charge in [0.1, 0.15) is 0 Å². The first-order valence-corrected chi connectivity index (χ1v) is 7.39. The summed E-state index contributed by atoms with van der Waals surface area (Å²) in [6.07, 6.45) is 5.70. The highest BCUT2D eigenvalue weighted by molar-refractivity contribution is 6.24. The van der Waals surface area contributed by atoms with Crippen molar-refractivity contribution in [1.82, 2.24) is 5.48 Å². The molecule has 1 N–H and O–H groups in total. The van der Waals surface area contributed by atoms with Gasteiger partial charge in [-0.15, -0.1) is 6.54 Å². The van der Waals surface area contributed by atoms with Gasteiger partial charge in [0.2, 0.25) is 5.91 Å². The van der Waals surface area contributed by atoms with Crippen molar-refractivity contribution in [3.8, 4) is 0 Å². The molecule has 0 saturated heterocycles. The number of hydrogen-bond donors (Lipinski definition) is 1. The molecule has 0 fully saturated rings. The molecule has 20 heavy (non-hydrogen) atoms. The summed E-state index contributed by atoms with van der Waals surface area (Å²) < 4.78 is 0. The molecule has 112 valence electrons. The number of halogens is 1. The molecule has 0 heterocycles. The average Bonchev–Trinajstić information content (AvgIpc) is 2.47. The van der Waals surface area contributed by atoms with E-state index in [9.17, 15) is 4.79 Å². The normalized spacial score (nSPS) is 10.4. The van der Waals surface area contributed by atoms with E-state index in [0.717, 1.165) is 44.2 Å². The number of rotatable bonds is 11. The molecule has 1 rings (SSSR count). The Morgan fingerprint density at radius 1 is 1.10 bits per heavy atom. The van der Waals surface area contributed by atoms with E-state index in [2.05, 4.69) is 10.3 Å². The third-order valence-corrected chi connectivity index (χ3v) is 3.08. The van der Waals surface area contributed by atoms with E-state index in [1.807, 2.05) is 30.3 Å². The van der Waals surface area contributed by atoms with E-state index in [1.54, 1.807) is 0 Å². The molecule has 4 nitrogen and oxygen atoms in total. The quantitative estimate of drug-likeness (QED) is 0.494. The van der Waals surface area contributed by atoms with Crippen LogP contribution in [0.2, 0.25) is 0 Å². The molecule has 5 heteroatoms. The molecule has 0 aliphatic carbocycles. The zero-order valence-electron chi connectivity index (χ0n) is 11.7. The van der Waals surface area contributed by atoms with Gasteiger partial charge in [-0.3, -0.25) is 21.4 Å². The van der Waals surface area contributed by atoms with Crippen molar-refractivity contribution in [3.63, 3.8) is 0 Å². The van der Waals surface area contributed by atoms with Crippen LogP contribution in [-0.2, 0) is 16.2 Å². The van der Waals surface area contributed by atoms with Crippen molar-refractivity contribution in [2.75, 3.05) is 6.54 Å². The Morgan fingerprint density at radius 3 is 2.55 bits per heavy atom. The first-order chi connectivity index (χ1) is 9.83. The lowest BCUT2D eigenvalue weighted by Crippen LogP contribution is -2.23. The van der Waals surface area contributed by atoms with Gasteiger partial charge in [0, 0.05) is 6.42 Å². The molecule has 1 aromatic rings. The molecule has 0 radical (unpaired) electrons. The Hall–Kier alpha value is -1.10. The molecule has 0 aliphatic rings. The molecule has 0 unspecified atom stereocenters. The Labute approximate surface area is 125 Å². The van der Waals surface area contributed by atoms with Crippen LogP contribution in [0.4, 0.5) is 0 Å². The number of benzene rings is 1. The fraction of sp³-hybridized carbons (Fsp3) is 0.533. The minimum atomic E-state index is -0.0586. The van der Waals surface area contributed by atoms with Gasteiger partial charge in [-0.2, -0.15) is 0 Å². The standard InChI is InChI=1S/C15H22ClN2O2/c16-17-12-8-3-1-2-7-11-15(19)18-20-13-14-9-5-4-6-10-14/h4-6,9-10H,1-3,7-8,11-13H2,(H,18,19)/q-1. The minimum Gasteiger partial charge on any atom is -0.575 e.